The van der Waals surface area contributed by atoms with Crippen molar-refractivity contribution in [2.75, 3.05) is 91.6 Å². The molecule has 8 heteroatoms. The van der Waals surface area contributed by atoms with Crippen molar-refractivity contribution >= 4 is 0 Å². The van der Waals surface area contributed by atoms with Gasteiger partial charge >= 0.3 is 0 Å². The third-order valence-corrected chi connectivity index (χ3v) is 5.86. The summed E-state index contributed by atoms with van der Waals surface area (Å²) in [5, 5.41) is 27.9. The molecule has 36 heavy (non-hydrogen) atoms. The van der Waals surface area contributed by atoms with Gasteiger partial charge in [0.05, 0.1) is 0 Å². The molecule has 0 aliphatic carbocycles. The second-order valence-corrected chi connectivity index (χ2v) is 9.38. The van der Waals surface area contributed by atoms with Crippen molar-refractivity contribution in [1.82, 2.24) is 42.5 Å². The molecule has 1 aromatic rings. The summed E-state index contributed by atoms with van der Waals surface area (Å²) in [5.74, 6) is 0. The molecular formula is C28H58N8. The molecule has 0 amide bonds. The summed E-state index contributed by atoms with van der Waals surface area (Å²) < 4.78 is 0. The van der Waals surface area contributed by atoms with Crippen LogP contribution in [-0.4, -0.2) is 91.6 Å². The Labute approximate surface area is 222 Å². The van der Waals surface area contributed by atoms with Gasteiger partial charge in [-0.1, -0.05) is 38.1 Å². The van der Waals surface area contributed by atoms with Crippen LogP contribution in [0.2, 0.25) is 0 Å². The van der Waals surface area contributed by atoms with Crippen LogP contribution in [0.1, 0.15) is 50.7 Å². The molecule has 1 rings (SSSR count). The molecule has 1 aromatic carbocycles. The molecule has 0 atom stereocenters. The van der Waals surface area contributed by atoms with E-state index in [0.29, 0.717) is 0 Å². The Balaban J connectivity index is 1.85. The maximum absolute atomic E-state index is 3.53. The first-order valence-electron chi connectivity index (χ1n) is 14.6. The van der Waals surface area contributed by atoms with Gasteiger partial charge in [0.15, 0.2) is 0 Å². The molecule has 0 fully saturated rings. The van der Waals surface area contributed by atoms with Gasteiger partial charge in [-0.05, 0) is 76.1 Å². The highest BCUT2D eigenvalue weighted by Crippen LogP contribution is 2.03. The van der Waals surface area contributed by atoms with Crippen molar-refractivity contribution in [1.29, 1.82) is 0 Å². The van der Waals surface area contributed by atoms with Crippen LogP contribution in [0.15, 0.2) is 24.3 Å². The number of rotatable bonds is 28. The van der Waals surface area contributed by atoms with E-state index in [0.717, 1.165) is 105 Å². The summed E-state index contributed by atoms with van der Waals surface area (Å²) in [4.78, 5) is 0. The second kappa shape index (κ2) is 26.9. The average molecular weight is 507 g/mol. The molecular weight excluding hydrogens is 448 g/mol. The Morgan fingerprint density at radius 3 is 0.944 bits per heavy atom. The summed E-state index contributed by atoms with van der Waals surface area (Å²) in [7, 11) is 0. The molecule has 210 valence electrons. The normalized spacial score (nSPS) is 11.4. The number of hydrogen-bond donors (Lipinski definition) is 8. The quantitative estimate of drug-likeness (QED) is 0.0798. The Bertz CT molecular complexity index is 506. The van der Waals surface area contributed by atoms with Crippen molar-refractivity contribution in [3.63, 3.8) is 0 Å². The maximum Gasteiger partial charge on any atom is 0.0206 e. The fourth-order valence-corrected chi connectivity index (χ4v) is 3.73. The third kappa shape index (κ3) is 22.1. The maximum atomic E-state index is 3.53. The van der Waals surface area contributed by atoms with Gasteiger partial charge in [-0.25, -0.2) is 0 Å². The van der Waals surface area contributed by atoms with Gasteiger partial charge in [-0.3, -0.25) is 0 Å². The molecule has 0 saturated carbocycles. The first-order chi connectivity index (χ1) is 17.9. The summed E-state index contributed by atoms with van der Waals surface area (Å²) in [5.41, 5.74) is 2.69. The van der Waals surface area contributed by atoms with Crippen LogP contribution in [-0.2, 0) is 13.1 Å². The standard InChI is InChI=1S/C28H58N8/c1-3-11-29-17-19-31-13-5-15-33-21-23-35-25-27-7-9-28(10-8-27)26-36-24-22-34-16-6-14-32-20-18-30-12-4-2/h7-10,29-36H,3-6,11-26H2,1-2H3. The van der Waals surface area contributed by atoms with Crippen molar-refractivity contribution in [2.45, 2.75) is 52.6 Å². The minimum Gasteiger partial charge on any atom is -0.315 e. The Kier molecular flexibility index (Phi) is 24.6. The number of nitrogens with one attached hydrogen (secondary N) is 8. The molecule has 0 radical (unpaired) electrons. The topological polar surface area (TPSA) is 96.2 Å². The highest BCUT2D eigenvalue weighted by Gasteiger charge is 1.97. The van der Waals surface area contributed by atoms with E-state index in [1.165, 1.54) is 36.8 Å². The minimum atomic E-state index is 0.926. The van der Waals surface area contributed by atoms with Gasteiger partial charge in [-0.2, -0.15) is 0 Å². The van der Waals surface area contributed by atoms with Crippen LogP contribution in [0.5, 0.6) is 0 Å². The lowest BCUT2D eigenvalue weighted by Gasteiger charge is -2.09. The van der Waals surface area contributed by atoms with Crippen molar-refractivity contribution < 1.29 is 0 Å². The lowest BCUT2D eigenvalue weighted by molar-refractivity contribution is 0.558. The average Bonchev–Trinajstić information content (AvgIpc) is 2.90. The van der Waals surface area contributed by atoms with Gasteiger partial charge in [0, 0.05) is 65.4 Å². The zero-order chi connectivity index (χ0) is 25.8. The highest BCUT2D eigenvalue weighted by atomic mass is 15.0. The smallest absolute Gasteiger partial charge is 0.0206 e. The monoisotopic (exact) mass is 506 g/mol. The van der Waals surface area contributed by atoms with Crippen LogP contribution < -0.4 is 42.5 Å². The van der Waals surface area contributed by atoms with Crippen molar-refractivity contribution in [3.8, 4) is 0 Å². The van der Waals surface area contributed by atoms with E-state index >= 15 is 0 Å². The number of benzene rings is 1. The lowest BCUT2D eigenvalue weighted by Crippen LogP contribution is -2.31. The molecule has 0 spiro atoms. The summed E-state index contributed by atoms with van der Waals surface area (Å²) in [6.45, 7) is 21.1. The Morgan fingerprint density at radius 1 is 0.361 bits per heavy atom. The molecule has 0 unspecified atom stereocenters. The predicted octanol–water partition coefficient (Wildman–Crippen LogP) is 1.00. The van der Waals surface area contributed by atoms with E-state index in [2.05, 4.69) is 80.6 Å². The van der Waals surface area contributed by atoms with E-state index in [-0.39, 0.29) is 0 Å². The molecule has 0 aromatic heterocycles. The van der Waals surface area contributed by atoms with Gasteiger partial charge in [-0.15, -0.1) is 0 Å². The molecule has 0 bridgehead atoms. The van der Waals surface area contributed by atoms with Crippen LogP contribution in [0, 0.1) is 0 Å². The van der Waals surface area contributed by atoms with Crippen molar-refractivity contribution in [3.05, 3.63) is 35.4 Å². The van der Waals surface area contributed by atoms with Gasteiger partial charge in [0.1, 0.15) is 0 Å². The summed E-state index contributed by atoms with van der Waals surface area (Å²) >= 11 is 0. The minimum absolute atomic E-state index is 0.926. The van der Waals surface area contributed by atoms with Crippen LogP contribution in [0.4, 0.5) is 0 Å². The zero-order valence-corrected chi connectivity index (χ0v) is 23.5. The van der Waals surface area contributed by atoms with Gasteiger partial charge in [0.2, 0.25) is 0 Å². The molecule has 8 N–H and O–H groups in total. The van der Waals surface area contributed by atoms with E-state index in [1.54, 1.807) is 0 Å². The van der Waals surface area contributed by atoms with Crippen LogP contribution in [0.25, 0.3) is 0 Å². The molecule has 0 aliphatic heterocycles. The van der Waals surface area contributed by atoms with E-state index in [1.807, 2.05) is 0 Å². The van der Waals surface area contributed by atoms with E-state index in [9.17, 15) is 0 Å². The van der Waals surface area contributed by atoms with Crippen molar-refractivity contribution in [2.24, 2.45) is 0 Å². The van der Waals surface area contributed by atoms with Crippen LogP contribution >= 0.6 is 0 Å². The first kappa shape index (κ1) is 32.9. The Hall–Kier alpha value is -1.10. The molecule has 0 saturated heterocycles. The SMILES string of the molecule is CCCNCCNCCCNCCNCc1ccc(CNCCNCCCNCCNCCC)cc1. The zero-order valence-electron chi connectivity index (χ0n) is 23.5. The highest BCUT2D eigenvalue weighted by molar-refractivity contribution is 5.22. The number of hydrogen-bond acceptors (Lipinski definition) is 8. The lowest BCUT2D eigenvalue weighted by atomic mass is 10.1. The molecule has 0 aliphatic rings. The molecule has 0 heterocycles. The van der Waals surface area contributed by atoms with Gasteiger partial charge in [0.25, 0.3) is 0 Å². The Morgan fingerprint density at radius 2 is 0.639 bits per heavy atom. The predicted molar refractivity (Wildman–Crippen MR) is 157 cm³/mol. The van der Waals surface area contributed by atoms with Crippen LogP contribution in [0.3, 0.4) is 0 Å². The fourth-order valence-electron chi connectivity index (χ4n) is 3.73. The summed E-state index contributed by atoms with van der Waals surface area (Å²) in [6, 6.07) is 8.95. The third-order valence-electron chi connectivity index (χ3n) is 5.86. The van der Waals surface area contributed by atoms with E-state index in [4.69, 9.17) is 0 Å². The largest absolute Gasteiger partial charge is 0.315 e. The molecule has 8 nitrogen and oxygen atoms in total. The first-order valence-corrected chi connectivity index (χ1v) is 14.6. The fraction of sp³-hybridized carbons (Fsp3) is 0.786. The van der Waals surface area contributed by atoms with Gasteiger partial charge < -0.3 is 42.5 Å². The summed E-state index contributed by atoms with van der Waals surface area (Å²) in [6.07, 6.45) is 4.76. The van der Waals surface area contributed by atoms with E-state index < -0.39 is 0 Å². The second-order valence-electron chi connectivity index (χ2n) is 9.38.